The maximum atomic E-state index is 12.9. The molecule has 24 heavy (non-hydrogen) atoms. The minimum Gasteiger partial charge on any atom is -0.320 e. The molecule has 1 saturated heterocycles. The summed E-state index contributed by atoms with van der Waals surface area (Å²) in [7, 11) is 1.86. The largest absolute Gasteiger partial charge is 0.320 e. The Hall–Kier alpha value is -2.34. The van der Waals surface area contributed by atoms with E-state index in [4.69, 9.17) is 0 Å². The van der Waals surface area contributed by atoms with Gasteiger partial charge in [0.25, 0.3) is 0 Å². The number of imide groups is 1. The lowest BCUT2D eigenvalue weighted by atomic mass is 9.82. The van der Waals surface area contributed by atoms with Crippen LogP contribution in [0.5, 0.6) is 0 Å². The lowest BCUT2D eigenvalue weighted by Gasteiger charge is -2.24. The first-order valence-corrected chi connectivity index (χ1v) is 8.23. The van der Waals surface area contributed by atoms with Crippen LogP contribution in [0.15, 0.2) is 18.2 Å². The molecular weight excluding hydrogens is 308 g/mol. The third-order valence-electron chi connectivity index (χ3n) is 4.78. The van der Waals surface area contributed by atoms with Crippen LogP contribution < -0.4 is 10.6 Å². The number of fused-ring (bicyclic) bond motifs is 1. The summed E-state index contributed by atoms with van der Waals surface area (Å²) in [5, 5.41) is 5.30. The molecule has 2 amide bonds. The lowest BCUT2D eigenvalue weighted by molar-refractivity contribution is -0.137. The van der Waals surface area contributed by atoms with Crippen molar-refractivity contribution < 1.29 is 19.2 Å². The zero-order chi connectivity index (χ0) is 17.3. The van der Waals surface area contributed by atoms with Gasteiger partial charge in [0.15, 0.2) is 11.6 Å². The van der Waals surface area contributed by atoms with E-state index in [2.05, 4.69) is 10.6 Å². The number of nitrogens with one attached hydrogen (secondary N) is 2. The van der Waals surface area contributed by atoms with E-state index < -0.39 is 17.7 Å². The number of Topliss-reactive ketones (excluding diaryl/α,β-unsaturated/α-hetero) is 2. The van der Waals surface area contributed by atoms with Crippen LogP contribution >= 0.6 is 0 Å². The van der Waals surface area contributed by atoms with Crippen LogP contribution in [0, 0.1) is 11.8 Å². The van der Waals surface area contributed by atoms with Crippen LogP contribution in [0.3, 0.4) is 0 Å². The van der Waals surface area contributed by atoms with Gasteiger partial charge in [-0.25, -0.2) is 0 Å². The molecule has 1 aliphatic heterocycles. The molecule has 2 unspecified atom stereocenters. The average molecular weight is 328 g/mol. The van der Waals surface area contributed by atoms with E-state index in [1.165, 1.54) is 0 Å². The molecule has 126 valence electrons. The minimum absolute atomic E-state index is 0.166. The third kappa shape index (κ3) is 2.78. The predicted octanol–water partition coefficient (Wildman–Crippen LogP) is 0.887. The molecule has 2 N–H and O–H groups in total. The molecule has 0 aromatic heterocycles. The number of ketones is 2. The summed E-state index contributed by atoms with van der Waals surface area (Å²) in [4.78, 5) is 49.0. The predicted molar refractivity (Wildman–Crippen MR) is 86.7 cm³/mol. The number of benzene rings is 1. The minimum atomic E-state index is -0.987. The second kappa shape index (κ2) is 6.65. The molecule has 1 aromatic rings. The van der Waals surface area contributed by atoms with E-state index in [1.54, 1.807) is 12.1 Å². The Morgan fingerprint density at radius 1 is 1.17 bits per heavy atom. The van der Waals surface area contributed by atoms with Gasteiger partial charge in [-0.3, -0.25) is 24.5 Å². The van der Waals surface area contributed by atoms with Crippen LogP contribution in [0.1, 0.15) is 45.5 Å². The van der Waals surface area contributed by atoms with Crippen molar-refractivity contribution in [2.45, 2.75) is 25.7 Å². The summed E-state index contributed by atoms with van der Waals surface area (Å²) >= 11 is 0. The van der Waals surface area contributed by atoms with Crippen LogP contribution in [0.4, 0.5) is 0 Å². The smallest absolute Gasteiger partial charge is 0.230 e. The molecule has 3 rings (SSSR count). The van der Waals surface area contributed by atoms with Crippen molar-refractivity contribution in [3.05, 3.63) is 34.9 Å². The summed E-state index contributed by atoms with van der Waals surface area (Å²) in [6.45, 7) is 0.822. The molecule has 6 nitrogen and oxygen atoms in total. The maximum Gasteiger partial charge on any atom is 0.230 e. The molecule has 2 atom stereocenters. The van der Waals surface area contributed by atoms with Crippen molar-refractivity contribution in [1.29, 1.82) is 0 Å². The molecule has 1 aliphatic carbocycles. The Balaban J connectivity index is 1.89. The highest BCUT2D eigenvalue weighted by molar-refractivity contribution is 6.28. The number of carbonyl (C=O) groups is 4. The number of hydrogen-bond acceptors (Lipinski definition) is 5. The van der Waals surface area contributed by atoms with E-state index in [9.17, 15) is 19.2 Å². The first-order chi connectivity index (χ1) is 11.5. The Labute approximate surface area is 140 Å². The maximum absolute atomic E-state index is 12.9. The van der Waals surface area contributed by atoms with Gasteiger partial charge in [-0.1, -0.05) is 18.2 Å². The van der Waals surface area contributed by atoms with Crippen LogP contribution in [-0.2, 0) is 16.0 Å². The second-order valence-corrected chi connectivity index (χ2v) is 6.31. The highest BCUT2D eigenvalue weighted by atomic mass is 16.2. The van der Waals surface area contributed by atoms with Crippen molar-refractivity contribution in [2.24, 2.45) is 11.8 Å². The van der Waals surface area contributed by atoms with Gasteiger partial charge in [0.05, 0.1) is 11.8 Å². The van der Waals surface area contributed by atoms with Crippen molar-refractivity contribution >= 4 is 23.4 Å². The topological polar surface area (TPSA) is 92.3 Å². The molecule has 2 aliphatic rings. The molecule has 1 fully saturated rings. The number of amides is 2. The van der Waals surface area contributed by atoms with Crippen molar-refractivity contribution in [1.82, 2.24) is 10.6 Å². The Kier molecular flexibility index (Phi) is 4.57. The van der Waals surface area contributed by atoms with Gasteiger partial charge in [-0.2, -0.15) is 0 Å². The van der Waals surface area contributed by atoms with Crippen molar-refractivity contribution in [3.8, 4) is 0 Å². The second-order valence-electron chi connectivity index (χ2n) is 6.31. The summed E-state index contributed by atoms with van der Waals surface area (Å²) in [5.41, 5.74) is 1.74. The first kappa shape index (κ1) is 16.5. The van der Waals surface area contributed by atoms with Gasteiger partial charge < -0.3 is 5.32 Å². The molecule has 1 heterocycles. The Morgan fingerprint density at radius 3 is 2.67 bits per heavy atom. The Morgan fingerprint density at radius 2 is 1.96 bits per heavy atom. The SMILES string of the molecule is CNCCCc1cccc2c1C(=O)C(C1CCC(=O)NC1=O)C2=O. The zero-order valence-electron chi connectivity index (χ0n) is 13.6. The lowest BCUT2D eigenvalue weighted by Crippen LogP contribution is -2.46. The molecule has 0 spiro atoms. The van der Waals surface area contributed by atoms with Crippen molar-refractivity contribution in [3.63, 3.8) is 0 Å². The fourth-order valence-corrected chi connectivity index (χ4v) is 3.60. The van der Waals surface area contributed by atoms with E-state index >= 15 is 0 Å². The van der Waals surface area contributed by atoms with Gasteiger partial charge in [-0.05, 0) is 38.4 Å². The van der Waals surface area contributed by atoms with Gasteiger partial charge in [0, 0.05) is 17.5 Å². The van der Waals surface area contributed by atoms with Crippen molar-refractivity contribution in [2.75, 3.05) is 13.6 Å². The number of carbonyl (C=O) groups excluding carboxylic acids is 4. The van der Waals surface area contributed by atoms with Gasteiger partial charge in [0.1, 0.15) is 0 Å². The normalized spacial score (nSPS) is 23.4. The molecule has 6 heteroatoms. The quantitative estimate of drug-likeness (QED) is 0.476. The zero-order valence-corrected chi connectivity index (χ0v) is 13.6. The van der Waals surface area contributed by atoms with Crippen LogP contribution in [0.2, 0.25) is 0 Å². The molecular formula is C18H20N2O4. The number of piperidine rings is 1. The van der Waals surface area contributed by atoms with Gasteiger partial charge in [-0.15, -0.1) is 0 Å². The van der Waals surface area contributed by atoms with Crippen LogP contribution in [-0.4, -0.2) is 37.0 Å². The highest BCUT2D eigenvalue weighted by Gasteiger charge is 2.48. The fourth-order valence-electron chi connectivity index (χ4n) is 3.60. The average Bonchev–Trinajstić information content (AvgIpc) is 2.81. The van der Waals surface area contributed by atoms with Crippen LogP contribution in [0.25, 0.3) is 0 Å². The molecule has 0 saturated carbocycles. The number of hydrogen-bond donors (Lipinski definition) is 2. The van der Waals surface area contributed by atoms with E-state index in [0.29, 0.717) is 17.5 Å². The Bertz CT molecular complexity index is 726. The summed E-state index contributed by atoms with van der Waals surface area (Å²) in [6.07, 6.45) is 1.97. The van der Waals surface area contributed by atoms with E-state index in [1.807, 2.05) is 13.1 Å². The first-order valence-electron chi connectivity index (χ1n) is 8.23. The molecule has 0 bridgehead atoms. The fraction of sp³-hybridized carbons (Fsp3) is 0.444. The third-order valence-corrected chi connectivity index (χ3v) is 4.78. The van der Waals surface area contributed by atoms with Gasteiger partial charge in [0.2, 0.25) is 11.8 Å². The summed E-state index contributed by atoms with van der Waals surface area (Å²) in [5.74, 6) is -3.16. The summed E-state index contributed by atoms with van der Waals surface area (Å²) < 4.78 is 0. The standard InChI is InChI=1S/C18H20N2O4/c1-19-9-3-5-10-4-2-6-11-14(10)17(23)15(16(11)22)12-7-8-13(21)20-18(12)24/h2,4,6,12,15,19H,3,5,7-9H2,1H3,(H,20,21,24). The van der Waals surface area contributed by atoms with E-state index in [-0.39, 0.29) is 30.3 Å². The summed E-state index contributed by atoms with van der Waals surface area (Å²) in [6, 6.07) is 5.31. The highest BCUT2D eigenvalue weighted by Crippen LogP contribution is 2.36. The molecule has 1 aromatic carbocycles. The number of aryl methyl sites for hydroxylation is 1. The van der Waals surface area contributed by atoms with Gasteiger partial charge >= 0.3 is 0 Å². The monoisotopic (exact) mass is 328 g/mol. The molecule has 0 radical (unpaired) electrons. The van der Waals surface area contributed by atoms with E-state index in [0.717, 1.165) is 18.5 Å². The number of rotatable bonds is 5.